The fraction of sp³-hybridized carbons (Fsp3) is 0.250. The first-order valence-electron chi connectivity index (χ1n) is 8.62. The van der Waals surface area contributed by atoms with Gasteiger partial charge in [-0.15, -0.1) is 0 Å². The molecule has 1 aliphatic heterocycles. The van der Waals surface area contributed by atoms with Crippen molar-refractivity contribution in [3.05, 3.63) is 58.9 Å². The number of esters is 1. The standard InChI is InChI=1S/C20H18ClFN2O4/c1-12-6-7-14(21)9-16(12)23-18(25)11-28-20(27)13-8-19(26)24(10-13)17-5-3-2-4-15(17)22/h2-7,9,13H,8,10-11H2,1H3,(H,23,25)/t13-/m1/s1. The largest absolute Gasteiger partial charge is 0.455 e. The topological polar surface area (TPSA) is 75.7 Å². The van der Waals surface area contributed by atoms with Gasteiger partial charge in [0.05, 0.1) is 11.6 Å². The summed E-state index contributed by atoms with van der Waals surface area (Å²) in [6.07, 6.45) is -0.0951. The lowest BCUT2D eigenvalue weighted by Gasteiger charge is -2.17. The van der Waals surface area contributed by atoms with E-state index >= 15 is 0 Å². The van der Waals surface area contributed by atoms with Gasteiger partial charge >= 0.3 is 5.97 Å². The van der Waals surface area contributed by atoms with Crippen LogP contribution >= 0.6 is 11.6 Å². The second-order valence-electron chi connectivity index (χ2n) is 6.47. The van der Waals surface area contributed by atoms with E-state index in [1.807, 2.05) is 0 Å². The van der Waals surface area contributed by atoms with Gasteiger partial charge in [0.15, 0.2) is 6.61 Å². The molecular weight excluding hydrogens is 387 g/mol. The van der Waals surface area contributed by atoms with Crippen molar-refractivity contribution in [1.29, 1.82) is 0 Å². The van der Waals surface area contributed by atoms with Gasteiger partial charge in [-0.25, -0.2) is 4.39 Å². The van der Waals surface area contributed by atoms with Crippen molar-refractivity contribution in [2.24, 2.45) is 5.92 Å². The Bertz CT molecular complexity index is 934. The third-order valence-electron chi connectivity index (χ3n) is 4.42. The van der Waals surface area contributed by atoms with Crippen LogP contribution in [0.15, 0.2) is 42.5 Å². The maximum atomic E-state index is 13.9. The molecule has 0 aliphatic carbocycles. The first-order chi connectivity index (χ1) is 13.3. The average molecular weight is 405 g/mol. The number of carbonyl (C=O) groups excluding carboxylic acids is 3. The molecule has 0 saturated carbocycles. The molecular formula is C20H18ClFN2O4. The van der Waals surface area contributed by atoms with E-state index in [1.165, 1.54) is 23.1 Å². The molecule has 1 aliphatic rings. The van der Waals surface area contributed by atoms with Crippen molar-refractivity contribution < 1.29 is 23.5 Å². The summed E-state index contributed by atoms with van der Waals surface area (Å²) in [6.45, 7) is 1.32. The van der Waals surface area contributed by atoms with Crippen molar-refractivity contribution in [2.75, 3.05) is 23.4 Å². The van der Waals surface area contributed by atoms with Crippen LogP contribution < -0.4 is 10.2 Å². The number of anilines is 2. The Kier molecular flexibility index (Phi) is 5.94. The Hall–Kier alpha value is -2.93. The van der Waals surface area contributed by atoms with Gasteiger partial charge in [0, 0.05) is 23.7 Å². The number of halogens is 2. The number of ether oxygens (including phenoxy) is 1. The number of carbonyl (C=O) groups is 3. The SMILES string of the molecule is Cc1ccc(Cl)cc1NC(=O)COC(=O)[C@@H]1CC(=O)N(c2ccccc2F)C1. The molecule has 0 radical (unpaired) electrons. The number of hydrogen-bond donors (Lipinski definition) is 1. The minimum absolute atomic E-state index is 0.00756. The lowest BCUT2D eigenvalue weighted by Crippen LogP contribution is -2.28. The lowest BCUT2D eigenvalue weighted by molar-refractivity contribution is -0.151. The lowest BCUT2D eigenvalue weighted by atomic mass is 10.1. The fourth-order valence-corrected chi connectivity index (χ4v) is 3.11. The van der Waals surface area contributed by atoms with Gasteiger partial charge in [0.25, 0.3) is 5.91 Å². The van der Waals surface area contributed by atoms with Crippen LogP contribution in [0.1, 0.15) is 12.0 Å². The minimum atomic E-state index is -0.757. The number of nitrogens with one attached hydrogen (secondary N) is 1. The Labute approximate surface area is 166 Å². The van der Waals surface area contributed by atoms with E-state index in [0.717, 1.165) is 5.56 Å². The van der Waals surface area contributed by atoms with E-state index < -0.39 is 30.2 Å². The van der Waals surface area contributed by atoms with Crippen molar-refractivity contribution in [1.82, 2.24) is 0 Å². The summed E-state index contributed by atoms with van der Waals surface area (Å²) in [5.41, 5.74) is 1.46. The number of nitrogens with zero attached hydrogens (tertiary/aromatic N) is 1. The molecule has 1 atom stereocenters. The van der Waals surface area contributed by atoms with Crippen LogP contribution in [0.2, 0.25) is 5.02 Å². The molecule has 3 rings (SSSR count). The molecule has 2 aromatic rings. The number of benzene rings is 2. The van der Waals surface area contributed by atoms with Gasteiger partial charge in [0.1, 0.15) is 5.82 Å². The molecule has 28 heavy (non-hydrogen) atoms. The summed E-state index contributed by atoms with van der Waals surface area (Å²) in [4.78, 5) is 37.6. The van der Waals surface area contributed by atoms with Crippen LogP contribution in [0, 0.1) is 18.7 Å². The number of rotatable bonds is 5. The number of amides is 2. The molecule has 1 heterocycles. The van der Waals surface area contributed by atoms with Crippen LogP contribution in [0.25, 0.3) is 0 Å². The molecule has 8 heteroatoms. The zero-order chi connectivity index (χ0) is 20.3. The molecule has 146 valence electrons. The van der Waals surface area contributed by atoms with E-state index in [0.29, 0.717) is 10.7 Å². The maximum absolute atomic E-state index is 13.9. The average Bonchev–Trinajstić information content (AvgIpc) is 3.05. The molecule has 2 amide bonds. The minimum Gasteiger partial charge on any atom is -0.455 e. The highest BCUT2D eigenvalue weighted by atomic mass is 35.5. The van der Waals surface area contributed by atoms with Crippen LogP contribution in [0.4, 0.5) is 15.8 Å². The maximum Gasteiger partial charge on any atom is 0.311 e. The number of aryl methyl sites for hydroxylation is 1. The molecule has 6 nitrogen and oxygen atoms in total. The zero-order valence-corrected chi connectivity index (χ0v) is 15.8. The number of hydrogen-bond acceptors (Lipinski definition) is 4. The Balaban J connectivity index is 1.55. The quantitative estimate of drug-likeness (QED) is 0.776. The summed E-state index contributed by atoms with van der Waals surface area (Å²) in [6, 6.07) is 10.9. The molecule has 2 aromatic carbocycles. The summed E-state index contributed by atoms with van der Waals surface area (Å²) in [5, 5.41) is 3.09. The zero-order valence-electron chi connectivity index (χ0n) is 15.1. The van der Waals surface area contributed by atoms with Gasteiger partial charge in [-0.05, 0) is 36.8 Å². The van der Waals surface area contributed by atoms with Crippen molar-refractivity contribution in [3.8, 4) is 0 Å². The van der Waals surface area contributed by atoms with Crippen LogP contribution in [0.3, 0.4) is 0 Å². The van der Waals surface area contributed by atoms with Gasteiger partial charge in [-0.2, -0.15) is 0 Å². The highest BCUT2D eigenvalue weighted by Gasteiger charge is 2.37. The Morgan fingerprint density at radius 2 is 2.04 bits per heavy atom. The van der Waals surface area contributed by atoms with Crippen LogP contribution in [0.5, 0.6) is 0 Å². The van der Waals surface area contributed by atoms with Gasteiger partial charge in [-0.1, -0.05) is 29.8 Å². The van der Waals surface area contributed by atoms with Gasteiger partial charge in [-0.3, -0.25) is 14.4 Å². The smallest absolute Gasteiger partial charge is 0.311 e. The van der Waals surface area contributed by atoms with Crippen LogP contribution in [-0.4, -0.2) is 30.9 Å². The Morgan fingerprint density at radius 1 is 1.29 bits per heavy atom. The first-order valence-corrected chi connectivity index (χ1v) is 9.00. The van der Waals surface area contributed by atoms with Crippen molar-refractivity contribution >= 4 is 40.8 Å². The Morgan fingerprint density at radius 3 is 2.79 bits per heavy atom. The molecule has 0 aromatic heterocycles. The second-order valence-corrected chi connectivity index (χ2v) is 6.91. The van der Waals surface area contributed by atoms with E-state index in [1.54, 1.807) is 31.2 Å². The highest BCUT2D eigenvalue weighted by Crippen LogP contribution is 2.28. The number of para-hydroxylation sites is 1. The monoisotopic (exact) mass is 404 g/mol. The second kappa shape index (κ2) is 8.39. The van der Waals surface area contributed by atoms with Crippen molar-refractivity contribution in [2.45, 2.75) is 13.3 Å². The van der Waals surface area contributed by atoms with Crippen molar-refractivity contribution in [3.63, 3.8) is 0 Å². The van der Waals surface area contributed by atoms with E-state index in [9.17, 15) is 18.8 Å². The van der Waals surface area contributed by atoms with Gasteiger partial charge in [0.2, 0.25) is 5.91 Å². The molecule has 1 saturated heterocycles. The first kappa shape index (κ1) is 19.8. The van der Waals surface area contributed by atoms with E-state index in [2.05, 4.69) is 5.32 Å². The summed E-state index contributed by atoms with van der Waals surface area (Å²) < 4.78 is 18.9. The molecule has 0 spiro atoms. The fourth-order valence-electron chi connectivity index (χ4n) is 2.94. The molecule has 0 unspecified atom stereocenters. The molecule has 1 fully saturated rings. The summed E-state index contributed by atoms with van der Waals surface area (Å²) in [5.74, 6) is -2.86. The third kappa shape index (κ3) is 4.48. The summed E-state index contributed by atoms with van der Waals surface area (Å²) >= 11 is 5.90. The highest BCUT2D eigenvalue weighted by molar-refractivity contribution is 6.31. The van der Waals surface area contributed by atoms with Crippen LogP contribution in [-0.2, 0) is 19.1 Å². The van der Waals surface area contributed by atoms with Gasteiger partial charge < -0.3 is 15.0 Å². The normalized spacial score (nSPS) is 16.2. The van der Waals surface area contributed by atoms with E-state index in [-0.39, 0.29) is 24.6 Å². The van der Waals surface area contributed by atoms with E-state index in [4.69, 9.17) is 16.3 Å². The molecule has 1 N–H and O–H groups in total. The summed E-state index contributed by atoms with van der Waals surface area (Å²) in [7, 11) is 0. The third-order valence-corrected chi connectivity index (χ3v) is 4.66. The molecule has 0 bridgehead atoms. The predicted octanol–water partition coefficient (Wildman–Crippen LogP) is 3.32. The predicted molar refractivity (Wildman–Crippen MR) is 103 cm³/mol.